The number of rotatable bonds is 5. The number of hydrogen-bond acceptors (Lipinski definition) is 7. The summed E-state index contributed by atoms with van der Waals surface area (Å²) in [7, 11) is -4.23. The Bertz CT molecular complexity index is 572. The lowest BCUT2D eigenvalue weighted by Crippen LogP contribution is -2.32. The average Bonchev–Trinajstić information content (AvgIpc) is 2.94. The fourth-order valence-electron chi connectivity index (χ4n) is 1.99. The zero-order valence-corrected chi connectivity index (χ0v) is 11.6. The van der Waals surface area contributed by atoms with Crippen LogP contribution in [0.25, 0.3) is 0 Å². The van der Waals surface area contributed by atoms with Crippen molar-refractivity contribution in [2.45, 2.75) is 31.0 Å². The Labute approximate surface area is 118 Å². The number of ether oxygens (including phenoxy) is 1. The molecule has 1 fully saturated rings. The lowest BCUT2D eigenvalue weighted by molar-refractivity contribution is -0.0452. The molecule has 0 aromatic carbocycles. The SMILES string of the molecule is NC(=O)c1ncn([C@@H]2O[C@H](CCP(=O)(O)O)[C@@H](O)[C@H]2O)n1. The normalized spacial score (nSPS) is 29.7. The van der Waals surface area contributed by atoms with Gasteiger partial charge in [-0.15, -0.1) is 5.10 Å². The van der Waals surface area contributed by atoms with Crippen molar-refractivity contribution < 1.29 is 34.1 Å². The van der Waals surface area contributed by atoms with Crippen LogP contribution in [-0.2, 0) is 9.30 Å². The summed E-state index contributed by atoms with van der Waals surface area (Å²) in [5, 5.41) is 23.4. The van der Waals surface area contributed by atoms with Crippen molar-refractivity contribution in [1.82, 2.24) is 14.8 Å². The van der Waals surface area contributed by atoms with Crippen molar-refractivity contribution in [3.8, 4) is 0 Å². The molecule has 1 aromatic heterocycles. The second kappa shape index (κ2) is 5.79. The molecule has 21 heavy (non-hydrogen) atoms. The zero-order valence-electron chi connectivity index (χ0n) is 10.7. The largest absolute Gasteiger partial charge is 0.388 e. The minimum absolute atomic E-state index is 0.142. The number of carbonyl (C=O) groups is 1. The quantitative estimate of drug-likeness (QED) is 0.368. The van der Waals surface area contributed by atoms with Crippen molar-refractivity contribution in [2.24, 2.45) is 5.73 Å². The molecule has 0 spiro atoms. The number of aliphatic hydroxyl groups excluding tert-OH is 2. The summed E-state index contributed by atoms with van der Waals surface area (Å²) in [6.07, 6.45) is -4.35. The molecule has 1 amide bonds. The molecule has 1 aliphatic rings. The molecule has 6 N–H and O–H groups in total. The van der Waals surface area contributed by atoms with E-state index in [0.717, 1.165) is 11.0 Å². The van der Waals surface area contributed by atoms with Crippen LogP contribution in [0.1, 0.15) is 23.3 Å². The number of primary amides is 1. The monoisotopic (exact) mass is 322 g/mol. The summed E-state index contributed by atoms with van der Waals surface area (Å²) in [6, 6.07) is 0. The summed E-state index contributed by atoms with van der Waals surface area (Å²) in [4.78, 5) is 32.1. The minimum atomic E-state index is -4.23. The van der Waals surface area contributed by atoms with E-state index in [-0.39, 0.29) is 12.2 Å². The number of aromatic nitrogens is 3. The van der Waals surface area contributed by atoms with Crippen LogP contribution in [-0.4, -0.2) is 65.1 Å². The van der Waals surface area contributed by atoms with Crippen LogP contribution < -0.4 is 5.73 Å². The van der Waals surface area contributed by atoms with Gasteiger partial charge in [0.2, 0.25) is 5.82 Å². The molecule has 118 valence electrons. The second-order valence-electron chi connectivity index (χ2n) is 4.64. The van der Waals surface area contributed by atoms with Gasteiger partial charge in [-0.25, -0.2) is 9.67 Å². The fraction of sp³-hybridized carbons (Fsp3) is 0.667. The van der Waals surface area contributed by atoms with Gasteiger partial charge in [0, 0.05) is 0 Å². The van der Waals surface area contributed by atoms with Gasteiger partial charge in [-0.3, -0.25) is 9.36 Å². The molecule has 0 radical (unpaired) electrons. The van der Waals surface area contributed by atoms with Crippen molar-refractivity contribution in [3.05, 3.63) is 12.2 Å². The van der Waals surface area contributed by atoms with E-state index >= 15 is 0 Å². The Hall–Kier alpha value is -1.36. The first-order valence-corrected chi connectivity index (χ1v) is 7.76. The first kappa shape index (κ1) is 16.0. The molecule has 0 aliphatic carbocycles. The number of carbonyl (C=O) groups excluding carboxylic acids is 1. The number of amides is 1. The van der Waals surface area contributed by atoms with Gasteiger partial charge in [-0.05, 0) is 6.42 Å². The molecule has 1 aromatic rings. The first-order valence-electron chi connectivity index (χ1n) is 5.96. The van der Waals surface area contributed by atoms with Gasteiger partial charge < -0.3 is 30.5 Å². The third-order valence-electron chi connectivity index (χ3n) is 3.03. The fourth-order valence-corrected chi connectivity index (χ4v) is 2.58. The Balaban J connectivity index is 2.08. The Morgan fingerprint density at radius 2 is 2.10 bits per heavy atom. The average molecular weight is 322 g/mol. The van der Waals surface area contributed by atoms with E-state index in [0.29, 0.717) is 0 Å². The molecule has 2 rings (SSSR count). The molecule has 1 aliphatic heterocycles. The van der Waals surface area contributed by atoms with Gasteiger partial charge in [0.25, 0.3) is 5.91 Å². The summed E-state index contributed by atoms with van der Waals surface area (Å²) < 4.78 is 17.2. The predicted octanol–water partition coefficient (Wildman–Crippen LogP) is -2.44. The van der Waals surface area contributed by atoms with Crippen LogP contribution in [0.2, 0.25) is 0 Å². The maximum absolute atomic E-state index is 10.9. The highest BCUT2D eigenvalue weighted by atomic mass is 31.2. The number of nitrogens with zero attached hydrogens (tertiary/aromatic N) is 3. The van der Waals surface area contributed by atoms with Gasteiger partial charge in [0.15, 0.2) is 6.23 Å². The van der Waals surface area contributed by atoms with E-state index in [9.17, 15) is 19.6 Å². The van der Waals surface area contributed by atoms with Crippen molar-refractivity contribution in [1.29, 1.82) is 0 Å². The second-order valence-corrected chi connectivity index (χ2v) is 6.41. The van der Waals surface area contributed by atoms with E-state index in [1.54, 1.807) is 0 Å². The Kier molecular flexibility index (Phi) is 4.42. The standard InChI is InChI=1S/C9H15N4O7P/c10-7(16)8-11-3-13(12-8)9-6(15)5(14)4(20-9)1-2-21(17,18)19/h3-6,9,14-15H,1-2H2,(H2,10,16)(H2,17,18,19)/t4-,5-,6-,9-/m1/s1. The van der Waals surface area contributed by atoms with Crippen LogP contribution in [0.4, 0.5) is 0 Å². The van der Waals surface area contributed by atoms with Crippen LogP contribution in [0.3, 0.4) is 0 Å². The maximum Gasteiger partial charge on any atom is 0.325 e. The molecule has 12 heteroatoms. The van der Waals surface area contributed by atoms with Crippen LogP contribution in [0.15, 0.2) is 6.33 Å². The molecule has 11 nitrogen and oxygen atoms in total. The summed E-state index contributed by atoms with van der Waals surface area (Å²) in [5.74, 6) is -1.14. The van der Waals surface area contributed by atoms with Crippen molar-refractivity contribution in [3.63, 3.8) is 0 Å². The van der Waals surface area contributed by atoms with Crippen LogP contribution in [0.5, 0.6) is 0 Å². The van der Waals surface area contributed by atoms with Crippen LogP contribution >= 0.6 is 7.60 Å². The summed E-state index contributed by atoms with van der Waals surface area (Å²) in [5.41, 5.74) is 4.99. The highest BCUT2D eigenvalue weighted by Gasteiger charge is 2.44. The van der Waals surface area contributed by atoms with Gasteiger partial charge in [-0.2, -0.15) is 0 Å². The highest BCUT2D eigenvalue weighted by molar-refractivity contribution is 7.51. The third-order valence-corrected chi connectivity index (χ3v) is 3.87. The number of hydrogen-bond donors (Lipinski definition) is 5. The molecular weight excluding hydrogens is 307 g/mol. The molecule has 2 heterocycles. The van der Waals surface area contributed by atoms with E-state index < -0.39 is 44.2 Å². The zero-order chi connectivity index (χ0) is 15.8. The smallest absolute Gasteiger partial charge is 0.325 e. The summed E-state index contributed by atoms with van der Waals surface area (Å²) >= 11 is 0. The number of aliphatic hydroxyl groups is 2. The molecule has 4 atom stereocenters. The predicted molar refractivity (Wildman–Crippen MR) is 66.0 cm³/mol. The topological polar surface area (TPSA) is 181 Å². The Morgan fingerprint density at radius 1 is 1.43 bits per heavy atom. The van der Waals surface area contributed by atoms with Crippen LogP contribution in [0, 0.1) is 0 Å². The number of nitrogens with two attached hydrogens (primary N) is 1. The molecule has 0 bridgehead atoms. The summed E-state index contributed by atoms with van der Waals surface area (Å²) in [6.45, 7) is 0. The van der Waals surface area contributed by atoms with E-state index in [1.165, 1.54) is 0 Å². The lowest BCUT2D eigenvalue weighted by atomic mass is 10.1. The first-order chi connectivity index (χ1) is 9.69. The molecule has 0 saturated carbocycles. The molecule has 1 saturated heterocycles. The van der Waals surface area contributed by atoms with E-state index in [4.69, 9.17) is 20.3 Å². The maximum atomic E-state index is 10.9. The van der Waals surface area contributed by atoms with E-state index in [2.05, 4.69) is 10.1 Å². The van der Waals surface area contributed by atoms with Gasteiger partial charge in [-0.1, -0.05) is 0 Å². The van der Waals surface area contributed by atoms with E-state index in [1.807, 2.05) is 0 Å². The lowest BCUT2D eigenvalue weighted by Gasteiger charge is -2.14. The van der Waals surface area contributed by atoms with Gasteiger partial charge >= 0.3 is 7.60 Å². The third kappa shape index (κ3) is 3.64. The minimum Gasteiger partial charge on any atom is -0.388 e. The molecule has 0 unspecified atom stereocenters. The molecular formula is C9H15N4O7P. The highest BCUT2D eigenvalue weighted by Crippen LogP contribution is 2.38. The van der Waals surface area contributed by atoms with Crippen molar-refractivity contribution in [2.75, 3.05) is 6.16 Å². The Morgan fingerprint density at radius 3 is 2.62 bits per heavy atom. The van der Waals surface area contributed by atoms with Gasteiger partial charge in [0.05, 0.1) is 12.3 Å². The van der Waals surface area contributed by atoms with Gasteiger partial charge in [0.1, 0.15) is 18.5 Å². The van der Waals surface area contributed by atoms with Crippen molar-refractivity contribution >= 4 is 13.5 Å².